The third-order valence-electron chi connectivity index (χ3n) is 5.34. The van der Waals surface area contributed by atoms with Crippen LogP contribution in [0.3, 0.4) is 0 Å². The Hall–Kier alpha value is -2.89. The van der Waals surface area contributed by atoms with E-state index in [1.54, 1.807) is 6.20 Å². The lowest BCUT2D eigenvalue weighted by atomic mass is 10.0. The quantitative estimate of drug-likeness (QED) is 0.788. The molecular formula is C20H23N5O. The van der Waals surface area contributed by atoms with Crippen LogP contribution in [0.2, 0.25) is 0 Å². The molecule has 6 nitrogen and oxygen atoms in total. The number of carbonyl (C=O) groups is 1. The maximum Gasteiger partial charge on any atom is 0.258 e. The molecular weight excluding hydrogens is 326 g/mol. The van der Waals surface area contributed by atoms with Crippen LogP contribution in [-0.2, 0) is 7.05 Å². The fourth-order valence-electron chi connectivity index (χ4n) is 4.01. The van der Waals surface area contributed by atoms with E-state index in [0.717, 1.165) is 42.0 Å². The Morgan fingerprint density at radius 1 is 1.23 bits per heavy atom. The number of rotatable bonds is 3. The Morgan fingerprint density at radius 3 is 2.69 bits per heavy atom. The van der Waals surface area contributed by atoms with Crippen molar-refractivity contribution < 1.29 is 4.79 Å². The average molecular weight is 349 g/mol. The molecule has 26 heavy (non-hydrogen) atoms. The first-order chi connectivity index (χ1) is 12.6. The molecule has 0 saturated carbocycles. The molecule has 4 rings (SSSR count). The molecule has 1 fully saturated rings. The van der Waals surface area contributed by atoms with Crippen molar-refractivity contribution >= 4 is 5.91 Å². The number of aromatic amines is 1. The van der Waals surface area contributed by atoms with Crippen LogP contribution >= 0.6 is 0 Å². The van der Waals surface area contributed by atoms with E-state index in [-0.39, 0.29) is 11.9 Å². The molecule has 0 spiro atoms. The lowest BCUT2D eigenvalue weighted by Crippen LogP contribution is -2.31. The number of aryl methyl sites for hydroxylation is 2. The molecule has 2 aromatic heterocycles. The highest BCUT2D eigenvalue weighted by molar-refractivity contribution is 6.00. The average Bonchev–Trinajstić information content (AvgIpc) is 3.36. The highest BCUT2D eigenvalue weighted by Crippen LogP contribution is 2.37. The zero-order valence-electron chi connectivity index (χ0n) is 15.4. The molecule has 0 unspecified atom stereocenters. The minimum Gasteiger partial charge on any atom is -0.331 e. The fourth-order valence-corrected chi connectivity index (χ4v) is 4.01. The van der Waals surface area contributed by atoms with E-state index < -0.39 is 0 Å². The van der Waals surface area contributed by atoms with Gasteiger partial charge in [0.25, 0.3) is 5.91 Å². The van der Waals surface area contributed by atoms with Gasteiger partial charge in [0.2, 0.25) is 0 Å². The molecule has 1 N–H and O–H groups in total. The van der Waals surface area contributed by atoms with Crippen LogP contribution in [0.25, 0.3) is 11.3 Å². The van der Waals surface area contributed by atoms with Gasteiger partial charge in [0.1, 0.15) is 0 Å². The molecule has 134 valence electrons. The monoisotopic (exact) mass is 349 g/mol. The summed E-state index contributed by atoms with van der Waals surface area (Å²) in [6.45, 7) is 4.86. The van der Waals surface area contributed by atoms with Crippen molar-refractivity contribution in [3.05, 3.63) is 59.0 Å². The number of amides is 1. The Morgan fingerprint density at radius 2 is 2.00 bits per heavy atom. The lowest BCUT2D eigenvalue weighted by molar-refractivity contribution is 0.0736. The second kappa shape index (κ2) is 6.44. The molecule has 1 aliphatic heterocycles. The third-order valence-corrected chi connectivity index (χ3v) is 5.34. The molecule has 0 radical (unpaired) electrons. The Kier molecular flexibility index (Phi) is 4.11. The summed E-state index contributed by atoms with van der Waals surface area (Å²) in [4.78, 5) is 15.3. The number of H-pyrrole nitrogens is 1. The summed E-state index contributed by atoms with van der Waals surface area (Å²) in [6.07, 6.45) is 3.61. The standard InChI is InChI=1S/C20H23N5O/c1-13-18(14(2)24(3)23-13)17-10-7-11-25(17)20(26)16-12-21-22-19(16)15-8-5-4-6-9-15/h4-6,8-9,12,17H,7,10-11H2,1-3H3,(H,21,22)/t17-/m0/s1. The van der Waals surface area contributed by atoms with Gasteiger partial charge in [0.15, 0.2) is 0 Å². The smallest absolute Gasteiger partial charge is 0.258 e. The topological polar surface area (TPSA) is 66.8 Å². The van der Waals surface area contributed by atoms with Gasteiger partial charge >= 0.3 is 0 Å². The van der Waals surface area contributed by atoms with Crippen LogP contribution in [0.1, 0.15) is 46.2 Å². The summed E-state index contributed by atoms with van der Waals surface area (Å²) in [5, 5.41) is 11.7. The first-order valence-electron chi connectivity index (χ1n) is 8.97. The highest BCUT2D eigenvalue weighted by Gasteiger charge is 2.35. The van der Waals surface area contributed by atoms with Crippen LogP contribution < -0.4 is 0 Å². The first kappa shape index (κ1) is 16.6. The summed E-state index contributed by atoms with van der Waals surface area (Å²) in [5.74, 6) is 0.0303. The zero-order chi connectivity index (χ0) is 18.3. The van der Waals surface area contributed by atoms with Crippen molar-refractivity contribution in [3.8, 4) is 11.3 Å². The Balaban J connectivity index is 1.70. The molecule has 0 aliphatic carbocycles. The molecule has 0 bridgehead atoms. The molecule has 1 aliphatic rings. The number of likely N-dealkylation sites (tertiary alicyclic amines) is 1. The van der Waals surface area contributed by atoms with E-state index in [4.69, 9.17) is 0 Å². The molecule has 1 atom stereocenters. The predicted octanol–water partition coefficient (Wildman–Crippen LogP) is 3.40. The largest absolute Gasteiger partial charge is 0.331 e. The number of nitrogens with one attached hydrogen (secondary N) is 1. The van der Waals surface area contributed by atoms with Gasteiger partial charge in [0.05, 0.1) is 29.2 Å². The fraction of sp³-hybridized carbons (Fsp3) is 0.350. The van der Waals surface area contributed by atoms with Crippen LogP contribution in [0, 0.1) is 13.8 Å². The molecule has 3 aromatic rings. The summed E-state index contributed by atoms with van der Waals surface area (Å²) >= 11 is 0. The maximum absolute atomic E-state index is 13.4. The highest BCUT2D eigenvalue weighted by atomic mass is 16.2. The number of hydrogen-bond acceptors (Lipinski definition) is 3. The van der Waals surface area contributed by atoms with Gasteiger partial charge < -0.3 is 4.90 Å². The number of hydrogen-bond donors (Lipinski definition) is 1. The van der Waals surface area contributed by atoms with Gasteiger partial charge in [-0.2, -0.15) is 10.2 Å². The minimum absolute atomic E-state index is 0.0303. The van der Waals surface area contributed by atoms with Crippen LogP contribution in [0.5, 0.6) is 0 Å². The number of nitrogens with zero attached hydrogens (tertiary/aromatic N) is 4. The van der Waals surface area contributed by atoms with Gasteiger partial charge in [-0.25, -0.2) is 0 Å². The van der Waals surface area contributed by atoms with E-state index in [1.165, 1.54) is 5.56 Å². The Bertz CT molecular complexity index is 941. The van der Waals surface area contributed by atoms with Gasteiger partial charge in [-0.15, -0.1) is 0 Å². The number of carbonyl (C=O) groups excluding carboxylic acids is 1. The second-order valence-corrected chi connectivity index (χ2v) is 6.89. The van der Waals surface area contributed by atoms with Gasteiger partial charge in [-0.3, -0.25) is 14.6 Å². The summed E-state index contributed by atoms with van der Waals surface area (Å²) < 4.78 is 1.90. The van der Waals surface area contributed by atoms with E-state index in [0.29, 0.717) is 5.56 Å². The maximum atomic E-state index is 13.4. The van der Waals surface area contributed by atoms with E-state index in [1.807, 2.05) is 53.9 Å². The van der Waals surface area contributed by atoms with Crippen molar-refractivity contribution in [1.29, 1.82) is 0 Å². The van der Waals surface area contributed by atoms with Crippen LogP contribution in [-0.4, -0.2) is 37.3 Å². The number of aromatic nitrogens is 4. The van der Waals surface area contributed by atoms with Crippen molar-refractivity contribution in [1.82, 2.24) is 24.9 Å². The molecule has 1 aromatic carbocycles. The summed E-state index contributed by atoms with van der Waals surface area (Å²) in [6, 6.07) is 9.94. The lowest BCUT2D eigenvalue weighted by Gasteiger charge is -2.25. The Labute approximate surface area is 152 Å². The minimum atomic E-state index is 0.0303. The number of benzene rings is 1. The van der Waals surface area contributed by atoms with Crippen LogP contribution in [0.4, 0.5) is 0 Å². The van der Waals surface area contributed by atoms with Gasteiger partial charge in [-0.05, 0) is 26.7 Å². The third kappa shape index (κ3) is 2.62. The molecule has 3 heterocycles. The normalized spacial score (nSPS) is 17.0. The van der Waals surface area contributed by atoms with Crippen LogP contribution in [0.15, 0.2) is 36.5 Å². The molecule has 6 heteroatoms. The van der Waals surface area contributed by atoms with E-state index in [9.17, 15) is 4.79 Å². The van der Waals surface area contributed by atoms with Crippen molar-refractivity contribution in [2.24, 2.45) is 7.05 Å². The van der Waals surface area contributed by atoms with Gasteiger partial charge in [-0.1, -0.05) is 30.3 Å². The predicted molar refractivity (Wildman–Crippen MR) is 99.7 cm³/mol. The SMILES string of the molecule is Cc1nn(C)c(C)c1[C@@H]1CCCN1C(=O)c1cn[nH]c1-c1ccccc1. The summed E-state index contributed by atoms with van der Waals surface area (Å²) in [5.41, 5.74) is 5.69. The van der Waals surface area contributed by atoms with Gasteiger partial charge in [0, 0.05) is 30.4 Å². The second-order valence-electron chi connectivity index (χ2n) is 6.89. The van der Waals surface area contributed by atoms with E-state index in [2.05, 4.69) is 22.2 Å². The van der Waals surface area contributed by atoms with Crippen molar-refractivity contribution in [3.63, 3.8) is 0 Å². The first-order valence-corrected chi connectivity index (χ1v) is 8.97. The molecule has 1 amide bonds. The van der Waals surface area contributed by atoms with Crippen molar-refractivity contribution in [2.75, 3.05) is 6.54 Å². The van der Waals surface area contributed by atoms with Crippen molar-refractivity contribution in [2.45, 2.75) is 32.7 Å². The molecule has 1 saturated heterocycles. The van der Waals surface area contributed by atoms with E-state index >= 15 is 0 Å². The summed E-state index contributed by atoms with van der Waals surface area (Å²) in [7, 11) is 1.95. The zero-order valence-corrected chi connectivity index (χ0v) is 15.4.